The largest absolute Gasteiger partial charge is 0.385 e. The fourth-order valence-corrected chi connectivity index (χ4v) is 4.23. The maximum atomic E-state index is 12.6. The number of hydrogen-bond donors (Lipinski definition) is 1. The molecule has 0 spiro atoms. The molecule has 3 rings (SSSR count). The fourth-order valence-electron chi connectivity index (χ4n) is 2.93. The van der Waals surface area contributed by atoms with Crippen molar-refractivity contribution in [3.8, 4) is 0 Å². The fraction of sp³-hybridized carbons (Fsp3) is 0.600. The summed E-state index contributed by atoms with van der Waals surface area (Å²) < 4.78 is 26.7. The monoisotopic (exact) mass is 294 g/mol. The van der Waals surface area contributed by atoms with Crippen LogP contribution in [0.25, 0.3) is 0 Å². The number of nitrogens with one attached hydrogen (secondary N) is 1. The lowest BCUT2D eigenvalue weighted by Gasteiger charge is -2.30. The Hall–Kier alpha value is -1.07. The Labute approximate surface area is 121 Å². The van der Waals surface area contributed by atoms with E-state index in [4.69, 9.17) is 0 Å². The minimum absolute atomic E-state index is 0.432. The molecule has 0 atom stereocenters. The molecular formula is C15H22N2O2S. The van der Waals surface area contributed by atoms with Crippen molar-refractivity contribution < 1.29 is 8.42 Å². The van der Waals surface area contributed by atoms with Crippen LogP contribution in [0.4, 0.5) is 5.69 Å². The Morgan fingerprint density at radius 2 is 2.10 bits per heavy atom. The first-order valence-corrected chi connectivity index (χ1v) is 8.84. The number of fused-ring (bicyclic) bond motifs is 1. The minimum Gasteiger partial charge on any atom is -0.385 e. The van der Waals surface area contributed by atoms with E-state index in [-0.39, 0.29) is 0 Å². The lowest BCUT2D eigenvalue weighted by molar-refractivity contribution is 0.263. The molecule has 1 saturated carbocycles. The zero-order valence-electron chi connectivity index (χ0n) is 11.9. The molecule has 4 nitrogen and oxygen atoms in total. The number of nitrogens with zero attached hydrogens (tertiary/aromatic N) is 1. The lowest BCUT2D eigenvalue weighted by atomic mass is 9.86. The number of benzene rings is 1. The Balaban J connectivity index is 1.82. The molecule has 0 bridgehead atoms. The Morgan fingerprint density at radius 1 is 1.30 bits per heavy atom. The predicted octanol–water partition coefficient (Wildman–Crippen LogP) is 2.47. The Kier molecular flexibility index (Phi) is 3.73. The van der Waals surface area contributed by atoms with Gasteiger partial charge in [-0.2, -0.15) is 0 Å². The van der Waals surface area contributed by atoms with Gasteiger partial charge in [0.2, 0.25) is 10.0 Å². The van der Waals surface area contributed by atoms with Crippen LogP contribution in [0.2, 0.25) is 0 Å². The van der Waals surface area contributed by atoms with Gasteiger partial charge in [0.05, 0.1) is 4.90 Å². The van der Waals surface area contributed by atoms with Gasteiger partial charge in [-0.15, -0.1) is 0 Å². The molecule has 1 aromatic carbocycles. The van der Waals surface area contributed by atoms with Gasteiger partial charge >= 0.3 is 0 Å². The maximum Gasteiger partial charge on any atom is 0.242 e. The highest BCUT2D eigenvalue weighted by Crippen LogP contribution is 2.30. The summed E-state index contributed by atoms with van der Waals surface area (Å²) in [5, 5.41) is 3.31. The first kappa shape index (κ1) is 13.9. The van der Waals surface area contributed by atoms with Gasteiger partial charge in [0, 0.05) is 25.8 Å². The summed E-state index contributed by atoms with van der Waals surface area (Å²) in [7, 11) is -1.64. The molecule has 0 radical (unpaired) electrons. The second kappa shape index (κ2) is 5.37. The minimum atomic E-state index is -3.34. The molecule has 0 unspecified atom stereocenters. The van der Waals surface area contributed by atoms with Crippen LogP contribution in [0.5, 0.6) is 0 Å². The highest BCUT2D eigenvalue weighted by molar-refractivity contribution is 7.89. The van der Waals surface area contributed by atoms with Crippen molar-refractivity contribution in [1.82, 2.24) is 4.31 Å². The maximum absolute atomic E-state index is 12.6. The van der Waals surface area contributed by atoms with E-state index in [9.17, 15) is 8.42 Å². The number of rotatable bonds is 4. The zero-order valence-corrected chi connectivity index (χ0v) is 12.7. The van der Waals surface area contributed by atoms with E-state index >= 15 is 0 Å². The van der Waals surface area contributed by atoms with Gasteiger partial charge in [-0.25, -0.2) is 12.7 Å². The van der Waals surface area contributed by atoms with Gasteiger partial charge < -0.3 is 5.32 Å². The third-order valence-electron chi connectivity index (χ3n) is 4.46. The van der Waals surface area contributed by atoms with Crippen molar-refractivity contribution in [3.05, 3.63) is 23.8 Å². The van der Waals surface area contributed by atoms with E-state index in [2.05, 4.69) is 5.32 Å². The van der Waals surface area contributed by atoms with Crippen LogP contribution >= 0.6 is 0 Å². The topological polar surface area (TPSA) is 49.4 Å². The van der Waals surface area contributed by atoms with E-state index in [1.165, 1.54) is 10.7 Å². The van der Waals surface area contributed by atoms with Gasteiger partial charge in [-0.3, -0.25) is 0 Å². The van der Waals surface area contributed by atoms with E-state index in [0.717, 1.165) is 43.5 Å². The van der Waals surface area contributed by atoms with E-state index < -0.39 is 10.0 Å². The van der Waals surface area contributed by atoms with E-state index in [1.807, 2.05) is 12.1 Å². The quantitative estimate of drug-likeness (QED) is 0.928. The molecule has 1 heterocycles. The molecule has 0 aromatic heterocycles. The molecular weight excluding hydrogens is 272 g/mol. The average Bonchev–Trinajstić information content (AvgIpc) is 2.42. The van der Waals surface area contributed by atoms with Gasteiger partial charge in [0.25, 0.3) is 0 Å². The van der Waals surface area contributed by atoms with Crippen LogP contribution in [0, 0.1) is 5.92 Å². The number of sulfonamides is 1. The van der Waals surface area contributed by atoms with Crippen molar-refractivity contribution in [2.75, 3.05) is 25.5 Å². The summed E-state index contributed by atoms with van der Waals surface area (Å²) in [5.74, 6) is 0.550. The van der Waals surface area contributed by atoms with Crippen molar-refractivity contribution >= 4 is 15.7 Å². The van der Waals surface area contributed by atoms with Crippen molar-refractivity contribution in [1.29, 1.82) is 0 Å². The van der Waals surface area contributed by atoms with Crippen LogP contribution in [0.15, 0.2) is 23.1 Å². The van der Waals surface area contributed by atoms with Crippen LogP contribution in [0.1, 0.15) is 31.2 Å². The second-order valence-electron chi connectivity index (χ2n) is 5.93. The third-order valence-corrected chi connectivity index (χ3v) is 6.28. The molecule has 1 aromatic rings. The summed E-state index contributed by atoms with van der Waals surface area (Å²) in [5.41, 5.74) is 2.20. The molecule has 1 aliphatic carbocycles. The summed E-state index contributed by atoms with van der Waals surface area (Å²) >= 11 is 0. The molecule has 0 amide bonds. The van der Waals surface area contributed by atoms with Crippen LogP contribution in [-0.2, 0) is 16.4 Å². The summed E-state index contributed by atoms with van der Waals surface area (Å²) in [4.78, 5) is 0.432. The zero-order chi connectivity index (χ0) is 14.2. The van der Waals surface area contributed by atoms with E-state index in [0.29, 0.717) is 17.4 Å². The SMILES string of the molecule is CN(CC1CCC1)S(=O)(=O)c1ccc2c(c1)CCCN2. The molecule has 2 aliphatic rings. The van der Waals surface area contributed by atoms with Gasteiger partial charge in [0.15, 0.2) is 0 Å². The highest BCUT2D eigenvalue weighted by atomic mass is 32.2. The first-order valence-electron chi connectivity index (χ1n) is 7.40. The van der Waals surface area contributed by atoms with Crippen molar-refractivity contribution in [2.24, 2.45) is 5.92 Å². The molecule has 20 heavy (non-hydrogen) atoms. The van der Waals surface area contributed by atoms with Crippen LogP contribution in [-0.4, -0.2) is 32.9 Å². The van der Waals surface area contributed by atoms with Crippen LogP contribution < -0.4 is 5.32 Å². The standard InChI is InChI=1S/C15H22N2O2S/c1-17(11-12-4-2-5-12)20(18,19)14-7-8-15-13(10-14)6-3-9-16-15/h7-8,10,12,16H,2-6,9,11H2,1H3. The molecule has 1 fully saturated rings. The second-order valence-corrected chi connectivity index (χ2v) is 7.98. The van der Waals surface area contributed by atoms with Gasteiger partial charge in [0.1, 0.15) is 0 Å². The summed E-state index contributed by atoms with van der Waals surface area (Å²) in [6.45, 7) is 1.62. The molecule has 1 aliphatic heterocycles. The predicted molar refractivity (Wildman–Crippen MR) is 80.4 cm³/mol. The molecule has 5 heteroatoms. The number of aryl methyl sites for hydroxylation is 1. The van der Waals surface area contributed by atoms with Crippen molar-refractivity contribution in [2.45, 2.75) is 37.0 Å². The molecule has 0 saturated heterocycles. The Morgan fingerprint density at radius 3 is 2.80 bits per heavy atom. The first-order chi connectivity index (χ1) is 9.57. The smallest absolute Gasteiger partial charge is 0.242 e. The van der Waals surface area contributed by atoms with E-state index in [1.54, 1.807) is 13.1 Å². The summed E-state index contributed by atoms with van der Waals surface area (Å²) in [6, 6.07) is 5.47. The average molecular weight is 294 g/mol. The van der Waals surface area contributed by atoms with Gasteiger partial charge in [-0.05, 0) is 55.4 Å². The van der Waals surface area contributed by atoms with Gasteiger partial charge in [-0.1, -0.05) is 6.42 Å². The van der Waals surface area contributed by atoms with Crippen LogP contribution in [0.3, 0.4) is 0 Å². The number of anilines is 1. The normalized spacial score (nSPS) is 19.3. The summed E-state index contributed by atoms with van der Waals surface area (Å²) in [6.07, 6.45) is 5.58. The highest BCUT2D eigenvalue weighted by Gasteiger charge is 2.27. The molecule has 1 N–H and O–H groups in total. The third kappa shape index (κ3) is 2.56. The lowest BCUT2D eigenvalue weighted by Crippen LogP contribution is -2.34. The number of hydrogen-bond acceptors (Lipinski definition) is 3. The molecule has 110 valence electrons. The Bertz CT molecular complexity index is 594. The van der Waals surface area contributed by atoms with Crippen molar-refractivity contribution in [3.63, 3.8) is 0 Å².